The molecule has 2 rings (SSSR count). The highest BCUT2D eigenvalue weighted by Gasteiger charge is 2.16. The molecular formula is C14H17NO4. The Hall–Kier alpha value is -1.88. The molecule has 0 radical (unpaired) electrons. The lowest BCUT2D eigenvalue weighted by Crippen LogP contribution is -2.35. The Bertz CT molecular complexity index is 447. The fraction of sp³-hybridized carbons (Fsp3) is 0.429. The molecule has 1 fully saturated rings. The highest BCUT2D eigenvalue weighted by molar-refractivity contribution is 5.96. The van der Waals surface area contributed by atoms with Crippen molar-refractivity contribution in [2.45, 2.75) is 25.3 Å². The molecule has 1 aliphatic heterocycles. The Morgan fingerprint density at radius 2 is 1.79 bits per heavy atom. The lowest BCUT2D eigenvalue weighted by atomic mass is 10.1. The minimum Gasteiger partial charge on any atom is -0.478 e. The van der Waals surface area contributed by atoms with Crippen molar-refractivity contribution >= 4 is 11.9 Å². The second-order valence-corrected chi connectivity index (χ2v) is 4.60. The Morgan fingerprint density at radius 1 is 1.11 bits per heavy atom. The van der Waals surface area contributed by atoms with Gasteiger partial charge in [-0.25, -0.2) is 4.79 Å². The SMILES string of the molecule is O=C(O)c1ccc(C(=O)N[C@@H]2CCCOCC2)cc1. The molecule has 0 spiro atoms. The fourth-order valence-corrected chi connectivity index (χ4v) is 2.08. The number of amides is 1. The van der Waals surface area contributed by atoms with E-state index >= 15 is 0 Å². The predicted molar refractivity (Wildman–Crippen MR) is 69.3 cm³/mol. The summed E-state index contributed by atoms with van der Waals surface area (Å²) >= 11 is 0. The molecule has 0 bridgehead atoms. The number of carboxylic acid groups (broad SMARTS) is 1. The molecule has 1 saturated heterocycles. The van der Waals surface area contributed by atoms with Crippen LogP contribution in [0.4, 0.5) is 0 Å². The number of benzene rings is 1. The monoisotopic (exact) mass is 263 g/mol. The van der Waals surface area contributed by atoms with Crippen molar-refractivity contribution in [3.05, 3.63) is 35.4 Å². The van der Waals surface area contributed by atoms with Gasteiger partial charge in [-0.3, -0.25) is 4.79 Å². The Kier molecular flexibility index (Phi) is 4.52. The van der Waals surface area contributed by atoms with Gasteiger partial charge in [0.2, 0.25) is 0 Å². The van der Waals surface area contributed by atoms with Gasteiger partial charge in [0.25, 0.3) is 5.91 Å². The Morgan fingerprint density at radius 3 is 2.47 bits per heavy atom. The van der Waals surface area contributed by atoms with E-state index in [-0.39, 0.29) is 17.5 Å². The third-order valence-electron chi connectivity index (χ3n) is 3.18. The first kappa shape index (κ1) is 13.5. The lowest BCUT2D eigenvalue weighted by molar-refractivity contribution is 0.0696. The minimum atomic E-state index is -0.993. The first-order valence-corrected chi connectivity index (χ1v) is 6.39. The molecule has 1 aromatic rings. The van der Waals surface area contributed by atoms with Crippen molar-refractivity contribution in [3.63, 3.8) is 0 Å². The Labute approximate surface area is 111 Å². The number of carbonyl (C=O) groups is 2. The number of carboxylic acids is 1. The topological polar surface area (TPSA) is 75.6 Å². The first-order chi connectivity index (χ1) is 9.16. The van der Waals surface area contributed by atoms with Crippen LogP contribution in [-0.4, -0.2) is 36.2 Å². The summed E-state index contributed by atoms with van der Waals surface area (Å²) in [6.07, 6.45) is 2.68. The van der Waals surface area contributed by atoms with E-state index in [4.69, 9.17) is 9.84 Å². The molecule has 1 amide bonds. The highest BCUT2D eigenvalue weighted by Crippen LogP contribution is 2.10. The van der Waals surface area contributed by atoms with Crippen LogP contribution in [0.1, 0.15) is 40.0 Å². The largest absolute Gasteiger partial charge is 0.478 e. The maximum absolute atomic E-state index is 12.0. The van der Waals surface area contributed by atoms with Crippen molar-refractivity contribution in [1.29, 1.82) is 0 Å². The van der Waals surface area contributed by atoms with E-state index in [2.05, 4.69) is 5.32 Å². The summed E-state index contributed by atoms with van der Waals surface area (Å²) in [5.74, 6) is -1.16. The number of hydrogen-bond donors (Lipinski definition) is 2. The molecule has 1 aliphatic rings. The average molecular weight is 263 g/mol. The van der Waals surface area contributed by atoms with E-state index in [0.717, 1.165) is 25.9 Å². The van der Waals surface area contributed by atoms with E-state index in [9.17, 15) is 9.59 Å². The first-order valence-electron chi connectivity index (χ1n) is 6.39. The van der Waals surface area contributed by atoms with Gasteiger partial charge >= 0.3 is 5.97 Å². The van der Waals surface area contributed by atoms with Crippen LogP contribution in [0.15, 0.2) is 24.3 Å². The molecule has 1 heterocycles. The molecule has 19 heavy (non-hydrogen) atoms. The molecule has 102 valence electrons. The van der Waals surface area contributed by atoms with E-state index < -0.39 is 5.97 Å². The summed E-state index contributed by atoms with van der Waals surface area (Å²) in [6, 6.07) is 6.08. The molecule has 5 heteroatoms. The lowest BCUT2D eigenvalue weighted by Gasteiger charge is -2.15. The van der Waals surface area contributed by atoms with Gasteiger partial charge in [-0.15, -0.1) is 0 Å². The number of aromatic carboxylic acids is 1. The zero-order chi connectivity index (χ0) is 13.7. The number of hydrogen-bond acceptors (Lipinski definition) is 3. The number of ether oxygens (including phenoxy) is 1. The number of nitrogens with one attached hydrogen (secondary N) is 1. The van der Waals surface area contributed by atoms with E-state index in [1.165, 1.54) is 24.3 Å². The predicted octanol–water partition coefficient (Wildman–Crippen LogP) is 1.68. The summed E-state index contributed by atoms with van der Waals surface area (Å²) in [4.78, 5) is 22.7. The smallest absolute Gasteiger partial charge is 0.335 e. The number of rotatable bonds is 3. The van der Waals surface area contributed by atoms with E-state index in [1.54, 1.807) is 0 Å². The standard InChI is InChI=1S/C14H17NO4/c16-13(15-12-2-1-8-19-9-7-12)10-3-5-11(6-4-10)14(17)18/h3-6,12H,1-2,7-9H2,(H,15,16)(H,17,18)/t12-/m1/s1. The van der Waals surface area contributed by atoms with Gasteiger partial charge in [0, 0.05) is 24.8 Å². The van der Waals surface area contributed by atoms with Crippen LogP contribution in [0.25, 0.3) is 0 Å². The van der Waals surface area contributed by atoms with Gasteiger partial charge in [0.15, 0.2) is 0 Å². The quantitative estimate of drug-likeness (QED) is 0.870. The van der Waals surface area contributed by atoms with Gasteiger partial charge < -0.3 is 15.2 Å². The van der Waals surface area contributed by atoms with Gasteiger partial charge in [-0.2, -0.15) is 0 Å². The molecule has 5 nitrogen and oxygen atoms in total. The molecule has 0 aliphatic carbocycles. The van der Waals surface area contributed by atoms with Crippen molar-refractivity contribution in [1.82, 2.24) is 5.32 Å². The van der Waals surface area contributed by atoms with Crippen molar-refractivity contribution < 1.29 is 19.4 Å². The summed E-state index contributed by atoms with van der Waals surface area (Å²) in [5, 5.41) is 11.7. The minimum absolute atomic E-state index is 0.133. The summed E-state index contributed by atoms with van der Waals surface area (Å²) < 4.78 is 5.34. The molecule has 0 aromatic heterocycles. The molecule has 1 aromatic carbocycles. The third kappa shape index (κ3) is 3.79. The number of carbonyl (C=O) groups excluding carboxylic acids is 1. The van der Waals surface area contributed by atoms with Crippen LogP contribution in [0.2, 0.25) is 0 Å². The van der Waals surface area contributed by atoms with Crippen LogP contribution in [-0.2, 0) is 4.74 Å². The van der Waals surface area contributed by atoms with Gasteiger partial charge in [-0.1, -0.05) is 0 Å². The van der Waals surface area contributed by atoms with Crippen LogP contribution in [0.5, 0.6) is 0 Å². The van der Waals surface area contributed by atoms with Crippen LogP contribution in [0.3, 0.4) is 0 Å². The molecule has 0 unspecified atom stereocenters. The van der Waals surface area contributed by atoms with Gasteiger partial charge in [0.05, 0.1) is 5.56 Å². The maximum Gasteiger partial charge on any atom is 0.335 e. The van der Waals surface area contributed by atoms with E-state index in [0.29, 0.717) is 12.2 Å². The van der Waals surface area contributed by atoms with Crippen LogP contribution >= 0.6 is 0 Å². The molecule has 0 saturated carbocycles. The maximum atomic E-state index is 12.0. The molecule has 2 N–H and O–H groups in total. The second-order valence-electron chi connectivity index (χ2n) is 4.60. The normalized spacial score (nSPS) is 19.5. The summed E-state index contributed by atoms with van der Waals surface area (Å²) in [5.41, 5.74) is 0.662. The summed E-state index contributed by atoms with van der Waals surface area (Å²) in [6.45, 7) is 1.42. The summed E-state index contributed by atoms with van der Waals surface area (Å²) in [7, 11) is 0. The van der Waals surface area contributed by atoms with Gasteiger partial charge in [-0.05, 0) is 43.5 Å². The zero-order valence-corrected chi connectivity index (χ0v) is 10.6. The zero-order valence-electron chi connectivity index (χ0n) is 10.6. The second kappa shape index (κ2) is 6.33. The molecular weight excluding hydrogens is 246 g/mol. The van der Waals surface area contributed by atoms with Crippen molar-refractivity contribution in [2.75, 3.05) is 13.2 Å². The Balaban J connectivity index is 1.96. The van der Waals surface area contributed by atoms with Crippen LogP contribution < -0.4 is 5.32 Å². The van der Waals surface area contributed by atoms with Gasteiger partial charge in [0.1, 0.15) is 0 Å². The van der Waals surface area contributed by atoms with E-state index in [1.807, 2.05) is 0 Å². The van der Waals surface area contributed by atoms with Crippen molar-refractivity contribution in [3.8, 4) is 0 Å². The van der Waals surface area contributed by atoms with Crippen LogP contribution in [0, 0.1) is 0 Å². The fourth-order valence-electron chi connectivity index (χ4n) is 2.08. The van der Waals surface area contributed by atoms with Crippen molar-refractivity contribution in [2.24, 2.45) is 0 Å². The third-order valence-corrected chi connectivity index (χ3v) is 3.18. The average Bonchev–Trinajstić information content (AvgIpc) is 2.67. The highest BCUT2D eigenvalue weighted by atomic mass is 16.5. The molecule has 1 atom stereocenters.